The Hall–Kier alpha value is -1.66. The number of hydrogen-bond donors (Lipinski definition) is 2. The number of nitrogens with two attached hydrogens (primary N) is 1. The highest BCUT2D eigenvalue weighted by atomic mass is 79.9. The predicted octanol–water partition coefficient (Wildman–Crippen LogP) is 1.26. The summed E-state index contributed by atoms with van der Waals surface area (Å²) in [5, 5.41) is 9.68. The van der Waals surface area contributed by atoms with Crippen LogP contribution in [0.1, 0.15) is 5.56 Å². The van der Waals surface area contributed by atoms with E-state index in [-0.39, 0.29) is 12.0 Å². The molecule has 1 aromatic heterocycles. The van der Waals surface area contributed by atoms with Gasteiger partial charge in [0.25, 0.3) is 5.56 Å². The van der Waals surface area contributed by atoms with Crippen molar-refractivity contribution in [2.24, 2.45) is 12.8 Å². The molecular formula is C13H13BrN2O3. The number of nitrogens with zero attached hydrogens (tertiary/aromatic N) is 1. The number of pyridine rings is 1. The van der Waals surface area contributed by atoms with Crippen molar-refractivity contribution in [1.29, 1.82) is 0 Å². The lowest BCUT2D eigenvalue weighted by Gasteiger charge is -2.11. The van der Waals surface area contributed by atoms with Gasteiger partial charge in [-0.2, -0.15) is 0 Å². The van der Waals surface area contributed by atoms with Gasteiger partial charge >= 0.3 is 5.97 Å². The van der Waals surface area contributed by atoms with Crippen molar-refractivity contribution in [3.63, 3.8) is 0 Å². The summed E-state index contributed by atoms with van der Waals surface area (Å²) < 4.78 is 2.40. The average molecular weight is 325 g/mol. The maximum Gasteiger partial charge on any atom is 0.320 e. The number of carbonyl (C=O) groups is 1. The smallest absolute Gasteiger partial charge is 0.320 e. The molecule has 0 bridgehead atoms. The number of hydrogen-bond acceptors (Lipinski definition) is 3. The second-order valence-electron chi connectivity index (χ2n) is 4.39. The van der Waals surface area contributed by atoms with E-state index in [4.69, 9.17) is 10.8 Å². The lowest BCUT2D eigenvalue weighted by molar-refractivity contribution is -0.138. The molecule has 2 aromatic rings. The van der Waals surface area contributed by atoms with Crippen molar-refractivity contribution in [3.05, 3.63) is 44.7 Å². The van der Waals surface area contributed by atoms with E-state index in [0.29, 0.717) is 5.56 Å². The quantitative estimate of drug-likeness (QED) is 0.889. The Kier molecular flexibility index (Phi) is 3.73. The van der Waals surface area contributed by atoms with Crippen LogP contribution in [0.4, 0.5) is 0 Å². The summed E-state index contributed by atoms with van der Waals surface area (Å²) >= 11 is 3.37. The third-order valence-electron chi connectivity index (χ3n) is 3.02. The summed E-state index contributed by atoms with van der Waals surface area (Å²) in [5.74, 6) is -1.11. The fraction of sp³-hybridized carbons (Fsp3) is 0.231. The second kappa shape index (κ2) is 5.14. The molecule has 0 spiro atoms. The first kappa shape index (κ1) is 13.8. The van der Waals surface area contributed by atoms with Gasteiger partial charge in [-0.15, -0.1) is 0 Å². The van der Waals surface area contributed by atoms with E-state index >= 15 is 0 Å². The van der Waals surface area contributed by atoms with Gasteiger partial charge in [0.05, 0.1) is 5.52 Å². The topological polar surface area (TPSA) is 85.3 Å². The first-order valence-electron chi connectivity index (χ1n) is 5.66. The molecule has 1 heterocycles. The molecule has 1 aromatic carbocycles. The predicted molar refractivity (Wildman–Crippen MR) is 76.2 cm³/mol. The minimum absolute atomic E-state index is 0.0183. The van der Waals surface area contributed by atoms with Crippen molar-refractivity contribution in [3.8, 4) is 0 Å². The summed E-state index contributed by atoms with van der Waals surface area (Å²) in [6.07, 6.45) is 0.0183. The number of aromatic nitrogens is 1. The van der Waals surface area contributed by atoms with Gasteiger partial charge in [0.1, 0.15) is 6.04 Å². The van der Waals surface area contributed by atoms with Crippen LogP contribution in [0.2, 0.25) is 0 Å². The van der Waals surface area contributed by atoms with E-state index in [1.165, 1.54) is 4.57 Å². The molecule has 0 radical (unpaired) electrons. The normalized spacial score (nSPS) is 12.6. The van der Waals surface area contributed by atoms with Crippen LogP contribution in [0.5, 0.6) is 0 Å². The lowest BCUT2D eigenvalue weighted by atomic mass is 10.1. The van der Waals surface area contributed by atoms with Crippen LogP contribution in [0.25, 0.3) is 10.9 Å². The Bertz CT molecular complexity index is 709. The molecule has 1 atom stereocenters. The van der Waals surface area contributed by atoms with E-state index < -0.39 is 12.0 Å². The van der Waals surface area contributed by atoms with Crippen molar-refractivity contribution >= 4 is 32.8 Å². The zero-order valence-corrected chi connectivity index (χ0v) is 11.8. The molecule has 0 fully saturated rings. The molecule has 0 aliphatic rings. The molecule has 0 aliphatic heterocycles. The number of halogens is 1. The number of fused-ring (bicyclic) bond motifs is 1. The Balaban J connectivity index is 2.59. The number of aryl methyl sites for hydroxylation is 1. The van der Waals surface area contributed by atoms with E-state index in [2.05, 4.69) is 15.9 Å². The van der Waals surface area contributed by atoms with E-state index in [0.717, 1.165) is 15.4 Å². The standard InChI is InChI=1S/C13H13BrN2O3/c1-16-11-3-2-9(14)5-7(11)4-8(12(16)17)6-10(15)13(18)19/h2-5,10H,6,15H2,1H3,(H,18,19). The highest BCUT2D eigenvalue weighted by Crippen LogP contribution is 2.19. The average Bonchev–Trinajstić information content (AvgIpc) is 2.35. The van der Waals surface area contributed by atoms with Gasteiger partial charge < -0.3 is 15.4 Å². The van der Waals surface area contributed by atoms with Gasteiger partial charge in [-0.3, -0.25) is 9.59 Å². The lowest BCUT2D eigenvalue weighted by Crippen LogP contribution is -2.35. The van der Waals surface area contributed by atoms with Crippen molar-refractivity contribution in [2.45, 2.75) is 12.5 Å². The minimum Gasteiger partial charge on any atom is -0.480 e. The number of carboxylic acid groups (broad SMARTS) is 1. The van der Waals surface area contributed by atoms with E-state index in [9.17, 15) is 9.59 Å². The molecule has 3 N–H and O–H groups in total. The molecule has 0 amide bonds. The van der Waals surface area contributed by atoms with E-state index in [1.54, 1.807) is 13.1 Å². The van der Waals surface area contributed by atoms with Crippen molar-refractivity contribution in [2.75, 3.05) is 0 Å². The van der Waals surface area contributed by atoms with Gasteiger partial charge in [0.2, 0.25) is 0 Å². The SMILES string of the molecule is Cn1c(=O)c(CC(N)C(=O)O)cc2cc(Br)ccc21. The van der Waals surface area contributed by atoms with Crippen LogP contribution < -0.4 is 11.3 Å². The van der Waals surface area contributed by atoms with Crippen LogP contribution in [0.3, 0.4) is 0 Å². The van der Waals surface area contributed by atoms with Gasteiger partial charge in [-0.25, -0.2) is 0 Å². The first-order chi connectivity index (χ1) is 8.90. The molecule has 1 unspecified atom stereocenters. The second-order valence-corrected chi connectivity index (χ2v) is 5.30. The van der Waals surface area contributed by atoms with Gasteiger partial charge in [0, 0.05) is 23.5 Å². The van der Waals surface area contributed by atoms with Crippen LogP contribution in [0.15, 0.2) is 33.5 Å². The number of rotatable bonds is 3. The zero-order valence-electron chi connectivity index (χ0n) is 10.3. The molecule has 5 nitrogen and oxygen atoms in total. The van der Waals surface area contributed by atoms with Gasteiger partial charge in [0.15, 0.2) is 0 Å². The Morgan fingerprint density at radius 2 is 2.16 bits per heavy atom. The molecule has 0 aliphatic carbocycles. The molecular weight excluding hydrogens is 312 g/mol. The minimum atomic E-state index is -1.11. The Morgan fingerprint density at radius 1 is 1.47 bits per heavy atom. The number of aliphatic carboxylic acids is 1. The summed E-state index contributed by atoms with van der Waals surface area (Å²) in [6, 6.07) is 6.19. The third-order valence-corrected chi connectivity index (χ3v) is 3.51. The summed E-state index contributed by atoms with van der Waals surface area (Å²) in [5.41, 5.74) is 6.47. The highest BCUT2D eigenvalue weighted by molar-refractivity contribution is 9.10. The maximum atomic E-state index is 12.1. The molecule has 0 saturated heterocycles. The molecule has 19 heavy (non-hydrogen) atoms. The summed E-state index contributed by atoms with van der Waals surface area (Å²) in [6.45, 7) is 0. The zero-order chi connectivity index (χ0) is 14.2. The third kappa shape index (κ3) is 2.69. The van der Waals surface area contributed by atoms with Crippen LogP contribution in [-0.4, -0.2) is 21.7 Å². The maximum absolute atomic E-state index is 12.1. The van der Waals surface area contributed by atoms with Crippen molar-refractivity contribution in [1.82, 2.24) is 4.57 Å². The molecule has 100 valence electrons. The number of carboxylic acids is 1. The number of benzene rings is 1. The van der Waals surface area contributed by atoms with E-state index in [1.807, 2.05) is 18.2 Å². The molecule has 2 rings (SSSR count). The van der Waals surface area contributed by atoms with Crippen LogP contribution >= 0.6 is 15.9 Å². The Morgan fingerprint density at radius 3 is 2.79 bits per heavy atom. The van der Waals surface area contributed by atoms with Crippen LogP contribution in [-0.2, 0) is 18.3 Å². The summed E-state index contributed by atoms with van der Waals surface area (Å²) in [4.78, 5) is 22.9. The van der Waals surface area contributed by atoms with Gasteiger partial charge in [-0.1, -0.05) is 15.9 Å². The fourth-order valence-electron chi connectivity index (χ4n) is 1.99. The largest absolute Gasteiger partial charge is 0.480 e. The van der Waals surface area contributed by atoms with Crippen molar-refractivity contribution < 1.29 is 9.90 Å². The first-order valence-corrected chi connectivity index (χ1v) is 6.46. The Labute approximate surface area is 117 Å². The monoisotopic (exact) mass is 324 g/mol. The molecule has 6 heteroatoms. The van der Waals surface area contributed by atoms with Gasteiger partial charge in [-0.05, 0) is 29.7 Å². The van der Waals surface area contributed by atoms with Crippen LogP contribution in [0, 0.1) is 0 Å². The molecule has 0 saturated carbocycles. The summed E-state index contributed by atoms with van der Waals surface area (Å²) in [7, 11) is 1.66. The highest BCUT2D eigenvalue weighted by Gasteiger charge is 2.16. The fourth-order valence-corrected chi connectivity index (χ4v) is 2.37.